The van der Waals surface area contributed by atoms with Crippen molar-refractivity contribution in [3.63, 3.8) is 0 Å². The Morgan fingerprint density at radius 1 is 1.19 bits per heavy atom. The van der Waals surface area contributed by atoms with Crippen molar-refractivity contribution in [1.29, 1.82) is 0 Å². The number of hydrogen-bond donors (Lipinski definition) is 0. The van der Waals surface area contributed by atoms with Crippen LogP contribution in [0.1, 0.15) is 20.8 Å². The van der Waals surface area contributed by atoms with Crippen molar-refractivity contribution in [1.82, 2.24) is 9.78 Å². The molecule has 0 radical (unpaired) electrons. The van der Waals surface area contributed by atoms with Gasteiger partial charge in [0.05, 0.1) is 17.5 Å². The van der Waals surface area contributed by atoms with Crippen LogP contribution in [0.25, 0.3) is 22.2 Å². The number of rotatable bonds is 3. The number of methoxy groups -OCH3 is 1. The summed E-state index contributed by atoms with van der Waals surface area (Å²) in [5.74, 6) is 0.634. The first-order valence-corrected chi connectivity index (χ1v) is 8.24. The third kappa shape index (κ3) is 3.74. The van der Waals surface area contributed by atoms with Crippen LogP contribution in [0.3, 0.4) is 0 Å². The second-order valence-electron chi connectivity index (χ2n) is 6.93. The number of nitro benzene ring substituents is 1. The number of carbonyl (C=O) groups is 1. The van der Waals surface area contributed by atoms with Crippen molar-refractivity contribution in [2.24, 2.45) is 0 Å². The van der Waals surface area contributed by atoms with Crippen molar-refractivity contribution >= 4 is 22.7 Å². The monoisotopic (exact) mass is 369 g/mol. The lowest BCUT2D eigenvalue weighted by molar-refractivity contribution is -0.384. The van der Waals surface area contributed by atoms with Gasteiger partial charge in [-0.25, -0.2) is 4.79 Å². The number of aromatic nitrogens is 2. The number of fused-ring (bicyclic) bond motifs is 1. The standard InChI is InChI=1S/C19H19N3O5/c1-19(2,3)27-18(23)21-16-11-13(22(24)25)8-9-15(16)17(20-21)12-6-5-7-14(10-12)26-4/h5-11H,1-4H3. The molecule has 0 aliphatic rings. The maximum absolute atomic E-state index is 12.6. The summed E-state index contributed by atoms with van der Waals surface area (Å²) in [7, 11) is 1.56. The summed E-state index contributed by atoms with van der Waals surface area (Å²) in [6.07, 6.45) is -0.706. The van der Waals surface area contributed by atoms with Crippen LogP contribution in [0.5, 0.6) is 5.75 Å². The van der Waals surface area contributed by atoms with Crippen LogP contribution in [0.15, 0.2) is 42.5 Å². The molecule has 2 aromatic carbocycles. The van der Waals surface area contributed by atoms with Gasteiger partial charge in [-0.2, -0.15) is 9.78 Å². The largest absolute Gasteiger partial charge is 0.497 e. The van der Waals surface area contributed by atoms with Crippen LogP contribution >= 0.6 is 0 Å². The molecular formula is C19H19N3O5. The second-order valence-corrected chi connectivity index (χ2v) is 6.93. The highest BCUT2D eigenvalue weighted by atomic mass is 16.6. The van der Waals surface area contributed by atoms with Gasteiger partial charge >= 0.3 is 6.09 Å². The van der Waals surface area contributed by atoms with Crippen molar-refractivity contribution in [3.05, 3.63) is 52.6 Å². The number of nitrogens with zero attached hydrogens (tertiary/aromatic N) is 3. The fourth-order valence-corrected chi connectivity index (χ4v) is 2.64. The highest BCUT2D eigenvalue weighted by Crippen LogP contribution is 2.32. The molecular weight excluding hydrogens is 350 g/mol. The summed E-state index contributed by atoms with van der Waals surface area (Å²) in [5, 5.41) is 16.1. The molecule has 8 heteroatoms. The lowest BCUT2D eigenvalue weighted by Crippen LogP contribution is -2.27. The molecule has 0 atom stereocenters. The maximum Gasteiger partial charge on any atom is 0.435 e. The summed E-state index contributed by atoms with van der Waals surface area (Å²) in [6.45, 7) is 5.21. The Labute approximate surface area is 155 Å². The SMILES string of the molecule is COc1cccc(-c2nn(C(=O)OC(C)(C)C)c3cc([N+](=O)[O-])ccc23)c1. The lowest BCUT2D eigenvalue weighted by Gasteiger charge is -2.19. The molecule has 3 aromatic rings. The minimum absolute atomic E-state index is 0.135. The van der Waals surface area contributed by atoms with Gasteiger partial charge in [-0.05, 0) is 39.0 Å². The molecule has 27 heavy (non-hydrogen) atoms. The number of ether oxygens (including phenoxy) is 2. The molecule has 0 saturated heterocycles. The lowest BCUT2D eigenvalue weighted by atomic mass is 10.1. The third-order valence-corrected chi connectivity index (χ3v) is 3.79. The topological polar surface area (TPSA) is 96.5 Å². The Bertz CT molecular complexity index is 1030. The molecule has 1 heterocycles. The van der Waals surface area contributed by atoms with E-state index in [2.05, 4.69) is 5.10 Å². The molecule has 0 aliphatic heterocycles. The summed E-state index contributed by atoms with van der Waals surface area (Å²) in [5.41, 5.74) is 0.660. The Morgan fingerprint density at radius 2 is 1.93 bits per heavy atom. The van der Waals surface area contributed by atoms with Gasteiger partial charge in [0.15, 0.2) is 0 Å². The third-order valence-electron chi connectivity index (χ3n) is 3.79. The van der Waals surface area contributed by atoms with E-state index in [0.29, 0.717) is 22.3 Å². The van der Waals surface area contributed by atoms with Gasteiger partial charge in [0.2, 0.25) is 0 Å². The fourth-order valence-electron chi connectivity index (χ4n) is 2.64. The van der Waals surface area contributed by atoms with Crippen molar-refractivity contribution in [3.8, 4) is 17.0 Å². The quantitative estimate of drug-likeness (QED) is 0.501. The van der Waals surface area contributed by atoms with Crippen LogP contribution in [-0.4, -0.2) is 33.5 Å². The van der Waals surface area contributed by atoms with Crippen LogP contribution in [0.4, 0.5) is 10.5 Å². The van der Waals surface area contributed by atoms with Gasteiger partial charge in [-0.15, -0.1) is 0 Å². The predicted molar refractivity (Wildman–Crippen MR) is 100 cm³/mol. The molecule has 0 aliphatic carbocycles. The summed E-state index contributed by atoms with van der Waals surface area (Å²) in [6, 6.07) is 11.5. The van der Waals surface area contributed by atoms with Crippen LogP contribution in [0, 0.1) is 10.1 Å². The molecule has 0 unspecified atom stereocenters. The average molecular weight is 369 g/mol. The van der Waals surface area contributed by atoms with Crippen LogP contribution < -0.4 is 4.74 Å². The van der Waals surface area contributed by atoms with E-state index < -0.39 is 16.6 Å². The van der Waals surface area contributed by atoms with Crippen molar-refractivity contribution in [2.45, 2.75) is 26.4 Å². The molecule has 0 spiro atoms. The number of benzene rings is 2. The van der Waals surface area contributed by atoms with E-state index in [1.54, 1.807) is 52.1 Å². The van der Waals surface area contributed by atoms with E-state index in [-0.39, 0.29) is 5.69 Å². The average Bonchev–Trinajstić information content (AvgIpc) is 2.99. The van der Waals surface area contributed by atoms with Crippen LogP contribution in [-0.2, 0) is 4.74 Å². The molecule has 0 bridgehead atoms. The van der Waals surface area contributed by atoms with Gasteiger partial charge < -0.3 is 9.47 Å². The van der Waals surface area contributed by atoms with Gasteiger partial charge in [0, 0.05) is 23.1 Å². The van der Waals surface area contributed by atoms with Gasteiger partial charge in [0.25, 0.3) is 5.69 Å². The highest BCUT2D eigenvalue weighted by Gasteiger charge is 2.24. The zero-order valence-electron chi connectivity index (χ0n) is 15.4. The van der Waals surface area contributed by atoms with Crippen molar-refractivity contribution in [2.75, 3.05) is 7.11 Å². The number of non-ortho nitro benzene ring substituents is 1. The zero-order valence-corrected chi connectivity index (χ0v) is 15.4. The fraction of sp³-hybridized carbons (Fsp3) is 0.263. The Hall–Kier alpha value is -3.42. The number of carbonyl (C=O) groups excluding carboxylic acids is 1. The minimum atomic E-state index is -0.730. The van der Waals surface area contributed by atoms with E-state index >= 15 is 0 Å². The first kappa shape index (κ1) is 18.4. The predicted octanol–water partition coefficient (Wildman–Crippen LogP) is 4.40. The molecule has 0 N–H and O–H groups in total. The Kier molecular flexibility index (Phi) is 4.57. The van der Waals surface area contributed by atoms with Crippen molar-refractivity contribution < 1.29 is 19.2 Å². The Balaban J connectivity index is 2.23. The second kappa shape index (κ2) is 6.71. The smallest absolute Gasteiger partial charge is 0.435 e. The summed E-state index contributed by atoms with van der Waals surface area (Å²) in [4.78, 5) is 23.2. The Morgan fingerprint density at radius 3 is 2.56 bits per heavy atom. The highest BCUT2D eigenvalue weighted by molar-refractivity contribution is 5.98. The number of hydrogen-bond acceptors (Lipinski definition) is 6. The molecule has 0 saturated carbocycles. The van der Waals surface area contributed by atoms with E-state index in [9.17, 15) is 14.9 Å². The molecule has 0 amide bonds. The first-order chi connectivity index (χ1) is 12.7. The van der Waals surface area contributed by atoms with Gasteiger partial charge in [-0.1, -0.05) is 12.1 Å². The minimum Gasteiger partial charge on any atom is -0.497 e. The zero-order chi connectivity index (χ0) is 19.8. The maximum atomic E-state index is 12.6. The summed E-state index contributed by atoms with van der Waals surface area (Å²) >= 11 is 0. The van der Waals surface area contributed by atoms with Gasteiger partial charge in [0.1, 0.15) is 17.0 Å². The molecule has 8 nitrogen and oxygen atoms in total. The molecule has 0 fully saturated rings. The van der Waals surface area contributed by atoms with E-state index in [1.807, 2.05) is 6.07 Å². The first-order valence-electron chi connectivity index (χ1n) is 8.24. The van der Waals surface area contributed by atoms with Crippen LogP contribution in [0.2, 0.25) is 0 Å². The summed E-state index contributed by atoms with van der Waals surface area (Å²) < 4.78 is 11.7. The van der Waals surface area contributed by atoms with Gasteiger partial charge in [-0.3, -0.25) is 10.1 Å². The van der Waals surface area contributed by atoms with E-state index in [0.717, 1.165) is 10.2 Å². The van der Waals surface area contributed by atoms with E-state index in [1.165, 1.54) is 12.1 Å². The van der Waals surface area contributed by atoms with E-state index in [4.69, 9.17) is 9.47 Å². The number of nitro groups is 1. The normalized spacial score (nSPS) is 11.4. The molecule has 140 valence electrons. The molecule has 3 rings (SSSR count). The molecule has 1 aromatic heterocycles.